The lowest BCUT2D eigenvalue weighted by Gasteiger charge is -2.08. The quantitative estimate of drug-likeness (QED) is 0.802. The van der Waals surface area contributed by atoms with Crippen molar-refractivity contribution in [2.24, 2.45) is 0 Å². The van der Waals surface area contributed by atoms with E-state index in [1.54, 1.807) is 12.1 Å². The molecule has 0 aliphatic heterocycles. The Morgan fingerprint density at radius 3 is 2.87 bits per heavy atom. The van der Waals surface area contributed by atoms with Gasteiger partial charge in [-0.1, -0.05) is 19.1 Å². The van der Waals surface area contributed by atoms with Crippen molar-refractivity contribution in [1.29, 1.82) is 0 Å². The molecule has 0 saturated carbocycles. The molecule has 0 bridgehead atoms. The highest BCUT2D eigenvalue weighted by Crippen LogP contribution is 2.08. The molecule has 0 aliphatic rings. The van der Waals surface area contributed by atoms with Crippen molar-refractivity contribution in [3.63, 3.8) is 0 Å². The van der Waals surface area contributed by atoms with Crippen molar-refractivity contribution in [3.8, 4) is 0 Å². The van der Waals surface area contributed by atoms with Gasteiger partial charge in [-0.15, -0.1) is 0 Å². The molecule has 78 valence electrons. The van der Waals surface area contributed by atoms with Crippen LogP contribution >= 0.6 is 0 Å². The standard InChI is InChI=1S/C11H13N3O/c1-2-7-14-10(15)8-5-3-4-6-9(8)13-11(14)12/h3-6H,2,7H2,1H3,(H2,12,13). The minimum atomic E-state index is -0.0556. The van der Waals surface area contributed by atoms with Crippen molar-refractivity contribution in [3.05, 3.63) is 34.6 Å². The number of aromatic nitrogens is 2. The van der Waals surface area contributed by atoms with E-state index < -0.39 is 0 Å². The number of anilines is 1. The van der Waals surface area contributed by atoms with Gasteiger partial charge in [0.05, 0.1) is 10.9 Å². The van der Waals surface area contributed by atoms with Crippen LogP contribution in [0.25, 0.3) is 10.9 Å². The van der Waals surface area contributed by atoms with Crippen LogP contribution in [0.3, 0.4) is 0 Å². The van der Waals surface area contributed by atoms with Crippen molar-refractivity contribution in [2.75, 3.05) is 5.73 Å². The van der Waals surface area contributed by atoms with Crippen molar-refractivity contribution in [2.45, 2.75) is 19.9 Å². The molecule has 0 atom stereocenters. The first-order chi connectivity index (χ1) is 7.24. The molecule has 4 nitrogen and oxygen atoms in total. The summed E-state index contributed by atoms with van der Waals surface area (Å²) in [5.41, 5.74) is 6.33. The molecule has 0 aliphatic carbocycles. The van der Waals surface area contributed by atoms with E-state index in [1.165, 1.54) is 4.57 Å². The molecular weight excluding hydrogens is 190 g/mol. The summed E-state index contributed by atoms with van der Waals surface area (Å²) in [6.45, 7) is 2.61. The monoisotopic (exact) mass is 203 g/mol. The van der Waals surface area contributed by atoms with Crippen molar-refractivity contribution >= 4 is 16.9 Å². The lowest BCUT2D eigenvalue weighted by Crippen LogP contribution is -2.24. The molecule has 0 saturated heterocycles. The molecule has 2 N–H and O–H groups in total. The summed E-state index contributed by atoms with van der Waals surface area (Å²) in [6.07, 6.45) is 0.865. The first-order valence-electron chi connectivity index (χ1n) is 4.99. The molecule has 1 heterocycles. The second-order valence-electron chi connectivity index (χ2n) is 3.44. The van der Waals surface area contributed by atoms with E-state index in [-0.39, 0.29) is 5.56 Å². The predicted molar refractivity (Wildman–Crippen MR) is 60.7 cm³/mol. The predicted octanol–water partition coefficient (Wildman–Crippen LogP) is 1.39. The number of hydrogen-bond donors (Lipinski definition) is 1. The molecule has 15 heavy (non-hydrogen) atoms. The Labute approximate surface area is 87.4 Å². The fourth-order valence-corrected chi connectivity index (χ4v) is 1.62. The smallest absolute Gasteiger partial charge is 0.262 e. The molecule has 0 amide bonds. The first-order valence-corrected chi connectivity index (χ1v) is 4.99. The summed E-state index contributed by atoms with van der Waals surface area (Å²) in [6, 6.07) is 7.25. The summed E-state index contributed by atoms with van der Waals surface area (Å²) < 4.78 is 1.52. The number of hydrogen-bond acceptors (Lipinski definition) is 3. The van der Waals surface area contributed by atoms with Gasteiger partial charge in [-0.25, -0.2) is 4.98 Å². The zero-order valence-electron chi connectivity index (χ0n) is 8.60. The van der Waals surface area contributed by atoms with Crippen LogP contribution < -0.4 is 11.3 Å². The Kier molecular flexibility index (Phi) is 2.41. The number of rotatable bonds is 2. The fraction of sp³-hybridized carbons (Fsp3) is 0.273. The maximum Gasteiger partial charge on any atom is 0.262 e. The Balaban J connectivity index is 2.78. The normalized spacial score (nSPS) is 10.7. The largest absolute Gasteiger partial charge is 0.369 e. The Bertz CT molecular complexity index is 545. The minimum Gasteiger partial charge on any atom is -0.369 e. The number of nitrogen functional groups attached to an aromatic ring is 1. The van der Waals surface area contributed by atoms with Gasteiger partial charge in [0.1, 0.15) is 0 Å². The molecule has 2 aromatic rings. The van der Waals surface area contributed by atoms with Gasteiger partial charge in [0.25, 0.3) is 5.56 Å². The lowest BCUT2D eigenvalue weighted by molar-refractivity contribution is 0.659. The Hall–Kier alpha value is -1.84. The van der Waals surface area contributed by atoms with Gasteiger partial charge < -0.3 is 5.73 Å². The maximum atomic E-state index is 12.0. The minimum absolute atomic E-state index is 0.0556. The molecule has 4 heteroatoms. The molecule has 0 spiro atoms. The zero-order valence-corrected chi connectivity index (χ0v) is 8.60. The highest BCUT2D eigenvalue weighted by molar-refractivity contribution is 5.78. The SMILES string of the molecule is CCCn1c(N)nc2ccccc2c1=O. The number of nitrogens with zero attached hydrogens (tertiary/aromatic N) is 2. The van der Waals surface area contributed by atoms with Crippen LogP contribution in [0.5, 0.6) is 0 Å². The number of benzene rings is 1. The van der Waals surface area contributed by atoms with Crippen LogP contribution in [0.15, 0.2) is 29.1 Å². The zero-order chi connectivity index (χ0) is 10.8. The Morgan fingerprint density at radius 2 is 2.13 bits per heavy atom. The van der Waals surface area contributed by atoms with Crippen LogP contribution in [0.4, 0.5) is 5.95 Å². The molecule has 0 radical (unpaired) electrons. The van der Waals surface area contributed by atoms with Gasteiger partial charge in [0, 0.05) is 6.54 Å². The molecule has 1 aromatic carbocycles. The number of para-hydroxylation sites is 1. The number of fused-ring (bicyclic) bond motifs is 1. The van der Waals surface area contributed by atoms with E-state index >= 15 is 0 Å². The van der Waals surface area contributed by atoms with Gasteiger partial charge in [0.2, 0.25) is 5.95 Å². The topological polar surface area (TPSA) is 60.9 Å². The average Bonchev–Trinajstić information content (AvgIpc) is 2.24. The van der Waals surface area contributed by atoms with Gasteiger partial charge in [0.15, 0.2) is 0 Å². The third-order valence-electron chi connectivity index (χ3n) is 2.34. The highest BCUT2D eigenvalue weighted by Gasteiger charge is 2.06. The summed E-state index contributed by atoms with van der Waals surface area (Å²) in [4.78, 5) is 16.2. The van der Waals surface area contributed by atoms with E-state index in [9.17, 15) is 4.79 Å². The molecule has 0 fully saturated rings. The van der Waals surface area contributed by atoms with Gasteiger partial charge in [-0.05, 0) is 18.6 Å². The van der Waals surface area contributed by atoms with Crippen LogP contribution in [-0.4, -0.2) is 9.55 Å². The van der Waals surface area contributed by atoms with E-state index in [0.29, 0.717) is 23.4 Å². The third kappa shape index (κ3) is 1.58. The van der Waals surface area contributed by atoms with Crippen LogP contribution in [-0.2, 0) is 6.54 Å². The number of nitrogens with two attached hydrogens (primary N) is 1. The van der Waals surface area contributed by atoms with Gasteiger partial charge in [-0.3, -0.25) is 9.36 Å². The highest BCUT2D eigenvalue weighted by atomic mass is 16.1. The summed E-state index contributed by atoms with van der Waals surface area (Å²) in [5.74, 6) is 0.292. The molecular formula is C11H13N3O. The second kappa shape index (κ2) is 3.73. The first kappa shape index (κ1) is 9.71. The Morgan fingerprint density at radius 1 is 1.40 bits per heavy atom. The maximum absolute atomic E-state index is 12.0. The average molecular weight is 203 g/mol. The summed E-state index contributed by atoms with van der Waals surface area (Å²) in [5, 5.41) is 0.625. The van der Waals surface area contributed by atoms with Crippen LogP contribution in [0.2, 0.25) is 0 Å². The van der Waals surface area contributed by atoms with Gasteiger partial charge >= 0.3 is 0 Å². The van der Waals surface area contributed by atoms with Gasteiger partial charge in [-0.2, -0.15) is 0 Å². The molecule has 0 unspecified atom stereocenters. The van der Waals surface area contributed by atoms with Crippen molar-refractivity contribution in [1.82, 2.24) is 9.55 Å². The van der Waals surface area contributed by atoms with E-state index in [2.05, 4.69) is 4.98 Å². The van der Waals surface area contributed by atoms with E-state index in [4.69, 9.17) is 5.73 Å². The molecule has 2 rings (SSSR count). The van der Waals surface area contributed by atoms with E-state index in [1.807, 2.05) is 19.1 Å². The fourth-order valence-electron chi connectivity index (χ4n) is 1.62. The van der Waals surface area contributed by atoms with Crippen molar-refractivity contribution < 1.29 is 0 Å². The second-order valence-corrected chi connectivity index (χ2v) is 3.44. The summed E-state index contributed by atoms with van der Waals surface area (Å²) in [7, 11) is 0. The lowest BCUT2D eigenvalue weighted by atomic mass is 10.2. The summed E-state index contributed by atoms with van der Waals surface area (Å²) >= 11 is 0. The van der Waals surface area contributed by atoms with Crippen LogP contribution in [0, 0.1) is 0 Å². The van der Waals surface area contributed by atoms with E-state index in [0.717, 1.165) is 6.42 Å². The van der Waals surface area contributed by atoms with Crippen LogP contribution in [0.1, 0.15) is 13.3 Å². The third-order valence-corrected chi connectivity index (χ3v) is 2.34. The molecule has 1 aromatic heterocycles.